The summed E-state index contributed by atoms with van der Waals surface area (Å²) in [6.07, 6.45) is 6.11. The van der Waals surface area contributed by atoms with Gasteiger partial charge in [-0.25, -0.2) is 9.78 Å². The Bertz CT molecular complexity index is 987. The maximum Gasteiger partial charge on any atom is 0.332 e. The van der Waals surface area contributed by atoms with Gasteiger partial charge >= 0.3 is 5.69 Å². The number of hydrogen-bond acceptors (Lipinski definition) is 5. The summed E-state index contributed by atoms with van der Waals surface area (Å²) < 4.78 is 2.47. The van der Waals surface area contributed by atoms with Crippen LogP contribution in [0.25, 0.3) is 11.0 Å². The topological polar surface area (TPSA) is 86.0 Å². The van der Waals surface area contributed by atoms with E-state index in [1.807, 2.05) is 13.8 Å². The molecule has 1 N–H and O–H groups in total. The molecule has 27 heavy (non-hydrogen) atoms. The summed E-state index contributed by atoms with van der Waals surface area (Å²) in [5, 5.41) is 3.49. The first kappa shape index (κ1) is 19.7. The highest BCUT2D eigenvalue weighted by atomic mass is 32.2. The number of thioether (sulfide) groups is 1. The number of carbonyl (C=O) groups is 1. The molecular formula is C19H26N4O3S. The van der Waals surface area contributed by atoms with Crippen molar-refractivity contribution < 1.29 is 4.79 Å². The van der Waals surface area contributed by atoms with Gasteiger partial charge in [-0.15, -0.1) is 11.8 Å². The highest BCUT2D eigenvalue weighted by Crippen LogP contribution is 2.32. The van der Waals surface area contributed by atoms with Crippen LogP contribution in [0, 0.1) is 0 Å². The van der Waals surface area contributed by atoms with Crippen molar-refractivity contribution in [2.24, 2.45) is 14.1 Å². The lowest BCUT2D eigenvalue weighted by Gasteiger charge is -2.17. The van der Waals surface area contributed by atoms with Crippen molar-refractivity contribution in [1.82, 2.24) is 19.4 Å². The molecule has 0 unspecified atom stereocenters. The van der Waals surface area contributed by atoms with E-state index >= 15 is 0 Å². The van der Waals surface area contributed by atoms with Crippen LogP contribution < -0.4 is 16.6 Å². The third-order valence-electron chi connectivity index (χ3n) is 5.14. The van der Waals surface area contributed by atoms with E-state index in [9.17, 15) is 14.4 Å². The van der Waals surface area contributed by atoms with Crippen molar-refractivity contribution in [1.29, 1.82) is 0 Å². The molecule has 146 valence electrons. The van der Waals surface area contributed by atoms with Crippen LogP contribution in [0.5, 0.6) is 0 Å². The van der Waals surface area contributed by atoms with E-state index in [1.54, 1.807) is 13.2 Å². The minimum Gasteiger partial charge on any atom is -0.353 e. The molecule has 1 saturated carbocycles. The van der Waals surface area contributed by atoms with E-state index in [2.05, 4.69) is 10.3 Å². The second-order valence-electron chi connectivity index (χ2n) is 7.44. The highest BCUT2D eigenvalue weighted by molar-refractivity contribution is 8.00. The molecular weight excluding hydrogens is 364 g/mol. The molecule has 0 bridgehead atoms. The molecule has 0 saturated heterocycles. The van der Waals surface area contributed by atoms with Gasteiger partial charge in [-0.2, -0.15) is 0 Å². The lowest BCUT2D eigenvalue weighted by atomic mass is 10.0. The Labute approximate surface area is 162 Å². The predicted octanol–water partition coefficient (Wildman–Crippen LogP) is 1.91. The van der Waals surface area contributed by atoms with E-state index in [-0.39, 0.29) is 29.2 Å². The fourth-order valence-electron chi connectivity index (χ4n) is 3.56. The molecule has 1 aliphatic rings. The van der Waals surface area contributed by atoms with Gasteiger partial charge < -0.3 is 5.32 Å². The fraction of sp³-hybridized carbons (Fsp3) is 0.579. The molecule has 0 aromatic carbocycles. The third kappa shape index (κ3) is 3.81. The lowest BCUT2D eigenvalue weighted by Crippen LogP contribution is -2.37. The van der Waals surface area contributed by atoms with Crippen molar-refractivity contribution in [3.63, 3.8) is 0 Å². The minimum absolute atomic E-state index is 0.0202. The maximum atomic E-state index is 12.8. The first-order chi connectivity index (χ1) is 12.8. The average molecular weight is 391 g/mol. The molecule has 1 fully saturated rings. The van der Waals surface area contributed by atoms with Gasteiger partial charge in [0.15, 0.2) is 0 Å². The molecule has 3 rings (SSSR count). The quantitative estimate of drug-likeness (QED) is 0.788. The van der Waals surface area contributed by atoms with Crippen molar-refractivity contribution in [3.05, 3.63) is 32.6 Å². The largest absolute Gasteiger partial charge is 0.353 e. The van der Waals surface area contributed by atoms with Crippen molar-refractivity contribution in [2.45, 2.75) is 56.4 Å². The summed E-state index contributed by atoms with van der Waals surface area (Å²) in [6.45, 7) is 4.05. The Morgan fingerprint density at radius 2 is 1.93 bits per heavy atom. The van der Waals surface area contributed by atoms with Gasteiger partial charge in [0.1, 0.15) is 5.65 Å². The SMILES string of the molecule is CC(C)c1cnc2c(c1SCC(=O)NC1CCCC1)c(=O)n(C)c(=O)n2C. The Hall–Kier alpha value is -2.09. The number of aromatic nitrogens is 3. The van der Waals surface area contributed by atoms with E-state index in [4.69, 9.17) is 0 Å². The highest BCUT2D eigenvalue weighted by Gasteiger charge is 2.21. The van der Waals surface area contributed by atoms with Gasteiger partial charge in [0.05, 0.1) is 11.1 Å². The number of nitrogens with one attached hydrogen (secondary N) is 1. The number of nitrogens with zero attached hydrogens (tertiary/aromatic N) is 3. The Balaban J connectivity index is 2.01. The fourth-order valence-corrected chi connectivity index (χ4v) is 4.70. The smallest absolute Gasteiger partial charge is 0.332 e. The van der Waals surface area contributed by atoms with Crippen LogP contribution in [-0.4, -0.2) is 31.8 Å². The van der Waals surface area contributed by atoms with Gasteiger partial charge in [-0.3, -0.25) is 18.7 Å². The summed E-state index contributed by atoms with van der Waals surface area (Å²) in [5.41, 5.74) is 0.483. The summed E-state index contributed by atoms with van der Waals surface area (Å²) in [7, 11) is 3.07. The van der Waals surface area contributed by atoms with Crippen LogP contribution in [-0.2, 0) is 18.9 Å². The number of carbonyl (C=O) groups excluding carboxylic acids is 1. The van der Waals surface area contributed by atoms with E-state index in [1.165, 1.54) is 23.4 Å². The average Bonchev–Trinajstić information content (AvgIpc) is 3.14. The van der Waals surface area contributed by atoms with E-state index in [0.29, 0.717) is 11.0 Å². The Morgan fingerprint density at radius 3 is 2.56 bits per heavy atom. The number of aryl methyl sites for hydroxylation is 1. The molecule has 0 spiro atoms. The molecule has 2 aromatic rings. The summed E-state index contributed by atoms with van der Waals surface area (Å²) in [4.78, 5) is 42.5. The van der Waals surface area contributed by atoms with Gasteiger partial charge in [0.2, 0.25) is 5.91 Å². The number of fused-ring (bicyclic) bond motifs is 1. The van der Waals surface area contributed by atoms with Crippen molar-refractivity contribution in [3.8, 4) is 0 Å². The lowest BCUT2D eigenvalue weighted by molar-refractivity contribution is -0.119. The number of rotatable bonds is 5. The van der Waals surface area contributed by atoms with Crippen LogP contribution in [0.15, 0.2) is 20.7 Å². The molecule has 8 heteroatoms. The number of hydrogen-bond donors (Lipinski definition) is 1. The van der Waals surface area contributed by atoms with Crippen LogP contribution >= 0.6 is 11.8 Å². The van der Waals surface area contributed by atoms with E-state index < -0.39 is 5.69 Å². The summed E-state index contributed by atoms with van der Waals surface area (Å²) in [6, 6.07) is 0.269. The summed E-state index contributed by atoms with van der Waals surface area (Å²) in [5.74, 6) is 0.360. The van der Waals surface area contributed by atoms with Gasteiger partial charge in [-0.1, -0.05) is 26.7 Å². The third-order valence-corrected chi connectivity index (χ3v) is 6.27. The monoisotopic (exact) mass is 390 g/mol. The molecule has 2 heterocycles. The zero-order valence-electron chi connectivity index (χ0n) is 16.2. The molecule has 0 aliphatic heterocycles. The second kappa shape index (κ2) is 7.88. The van der Waals surface area contributed by atoms with Gasteiger partial charge in [-0.05, 0) is 24.3 Å². The molecule has 2 aromatic heterocycles. The predicted molar refractivity (Wildman–Crippen MR) is 107 cm³/mol. The van der Waals surface area contributed by atoms with Crippen LogP contribution in [0.3, 0.4) is 0 Å². The van der Waals surface area contributed by atoms with E-state index in [0.717, 1.165) is 40.7 Å². The molecule has 1 amide bonds. The van der Waals surface area contributed by atoms with Gasteiger partial charge in [0.25, 0.3) is 5.56 Å². The van der Waals surface area contributed by atoms with Crippen LogP contribution in [0.2, 0.25) is 0 Å². The molecule has 0 atom stereocenters. The summed E-state index contributed by atoms with van der Waals surface area (Å²) >= 11 is 1.35. The maximum absolute atomic E-state index is 12.8. The number of pyridine rings is 1. The molecule has 0 radical (unpaired) electrons. The first-order valence-corrected chi connectivity index (χ1v) is 10.3. The van der Waals surface area contributed by atoms with Crippen molar-refractivity contribution in [2.75, 3.05) is 5.75 Å². The minimum atomic E-state index is -0.410. The van der Waals surface area contributed by atoms with Gasteiger partial charge in [0, 0.05) is 31.2 Å². The Kier molecular flexibility index (Phi) is 5.74. The molecule has 1 aliphatic carbocycles. The van der Waals surface area contributed by atoms with Crippen LogP contribution in [0.4, 0.5) is 0 Å². The first-order valence-electron chi connectivity index (χ1n) is 9.32. The normalized spacial score (nSPS) is 15.0. The number of amides is 1. The van der Waals surface area contributed by atoms with Crippen LogP contribution in [0.1, 0.15) is 51.0 Å². The van der Waals surface area contributed by atoms with Crippen molar-refractivity contribution >= 4 is 28.7 Å². The zero-order valence-corrected chi connectivity index (χ0v) is 17.1. The Morgan fingerprint density at radius 1 is 1.26 bits per heavy atom. The standard InChI is InChI=1S/C19H26N4O3S/c1-11(2)13-9-20-17-15(18(25)23(4)19(26)22(17)3)16(13)27-10-14(24)21-12-7-5-6-8-12/h9,11-12H,5-8,10H2,1-4H3,(H,21,24). The second-order valence-corrected chi connectivity index (χ2v) is 8.42. The zero-order chi connectivity index (χ0) is 19.7. The molecule has 7 nitrogen and oxygen atoms in total.